The summed E-state index contributed by atoms with van der Waals surface area (Å²) in [4.78, 5) is 8.07. The van der Waals surface area contributed by atoms with E-state index in [-0.39, 0.29) is 29.7 Å². The van der Waals surface area contributed by atoms with Crippen molar-refractivity contribution in [2.45, 2.75) is 18.4 Å². The molecule has 0 aliphatic heterocycles. The van der Waals surface area contributed by atoms with Gasteiger partial charge in [-0.3, -0.25) is 0 Å². The molecule has 3 rings (SSSR count). The summed E-state index contributed by atoms with van der Waals surface area (Å²) < 4.78 is 27.3. The molecule has 0 amide bonds. The predicted molar refractivity (Wildman–Crippen MR) is 106 cm³/mol. The fourth-order valence-corrected chi connectivity index (χ4v) is 3.73. The summed E-state index contributed by atoms with van der Waals surface area (Å²) in [6.45, 7) is 2.29. The van der Waals surface area contributed by atoms with Crippen LogP contribution in [0.1, 0.15) is 11.4 Å². The minimum atomic E-state index is -3.77. The van der Waals surface area contributed by atoms with Crippen molar-refractivity contribution in [1.29, 1.82) is 0 Å². The molecule has 0 fully saturated rings. The lowest BCUT2D eigenvalue weighted by Gasteiger charge is -2.10. The molecule has 0 radical (unpaired) electrons. The number of halogens is 2. The highest BCUT2D eigenvalue weighted by Gasteiger charge is 2.22. The molecular weight excluding hydrogens is 395 g/mol. The Balaban J connectivity index is 0.00000169. The number of nitrogens with zero attached hydrogens (tertiary/aromatic N) is 3. The average molecular weight is 415 g/mol. The molecule has 0 saturated heterocycles. The summed E-state index contributed by atoms with van der Waals surface area (Å²) in [5, 5.41) is 3.04. The molecule has 0 atom stereocenters. The van der Waals surface area contributed by atoms with Crippen LogP contribution in [0, 0.1) is 6.92 Å². The molecule has 2 aromatic heterocycles. The first-order valence-electron chi connectivity index (χ1n) is 7.48. The highest BCUT2D eigenvalue weighted by Crippen LogP contribution is 2.26. The van der Waals surface area contributed by atoms with Gasteiger partial charge < -0.3 is 5.32 Å². The lowest BCUT2D eigenvalue weighted by molar-refractivity contribution is 0.586. The zero-order valence-corrected chi connectivity index (χ0v) is 16.7. The molecule has 0 bridgehead atoms. The maximum atomic E-state index is 13.0. The highest BCUT2D eigenvalue weighted by molar-refractivity contribution is 7.90. The van der Waals surface area contributed by atoms with Gasteiger partial charge in [0.1, 0.15) is 10.7 Å². The van der Waals surface area contributed by atoms with E-state index in [0.717, 1.165) is 11.1 Å². The Morgan fingerprint density at radius 3 is 2.27 bits per heavy atom. The number of benzene rings is 1. The van der Waals surface area contributed by atoms with Crippen molar-refractivity contribution < 1.29 is 8.42 Å². The zero-order chi connectivity index (χ0) is 17.2. The fourth-order valence-electron chi connectivity index (χ4n) is 2.44. The maximum Gasteiger partial charge on any atom is 0.271 e. The molecule has 0 saturated carbocycles. The molecule has 1 aromatic carbocycles. The van der Waals surface area contributed by atoms with Crippen molar-refractivity contribution in [3.8, 4) is 11.3 Å². The van der Waals surface area contributed by atoms with Gasteiger partial charge in [0.15, 0.2) is 0 Å². The van der Waals surface area contributed by atoms with Crippen LogP contribution < -0.4 is 5.32 Å². The monoisotopic (exact) mass is 414 g/mol. The van der Waals surface area contributed by atoms with Crippen molar-refractivity contribution in [3.63, 3.8) is 0 Å². The second-order valence-electron chi connectivity index (χ2n) is 5.40. The summed E-state index contributed by atoms with van der Waals surface area (Å²) >= 11 is 0. The van der Waals surface area contributed by atoms with Crippen LogP contribution in [0.2, 0.25) is 0 Å². The van der Waals surface area contributed by atoms with E-state index in [4.69, 9.17) is 0 Å². The number of rotatable bonds is 5. The Bertz CT molecular complexity index is 943. The third kappa shape index (κ3) is 4.42. The van der Waals surface area contributed by atoms with Crippen LogP contribution >= 0.6 is 24.8 Å². The first kappa shape index (κ1) is 22.1. The summed E-state index contributed by atoms with van der Waals surface area (Å²) in [5.74, 6) is 0.528. The second-order valence-corrected chi connectivity index (χ2v) is 7.21. The van der Waals surface area contributed by atoms with Gasteiger partial charge in [-0.05, 0) is 31.2 Å². The summed E-state index contributed by atoms with van der Waals surface area (Å²) in [5.41, 5.74) is 2.32. The molecule has 6 nitrogen and oxygen atoms in total. The van der Waals surface area contributed by atoms with Gasteiger partial charge in [-0.25, -0.2) is 22.4 Å². The first-order valence-corrected chi connectivity index (χ1v) is 8.92. The molecule has 140 valence electrons. The van der Waals surface area contributed by atoms with Crippen molar-refractivity contribution in [3.05, 3.63) is 66.4 Å². The van der Waals surface area contributed by atoms with E-state index in [2.05, 4.69) is 15.3 Å². The molecule has 0 aliphatic carbocycles. The van der Waals surface area contributed by atoms with E-state index >= 15 is 0 Å². The van der Waals surface area contributed by atoms with Crippen LogP contribution in [0.4, 0.5) is 0 Å². The number of nitrogens with one attached hydrogen (secondary N) is 1. The van der Waals surface area contributed by atoms with E-state index in [1.165, 1.54) is 16.4 Å². The smallest absolute Gasteiger partial charge is 0.271 e. The van der Waals surface area contributed by atoms with Crippen LogP contribution in [-0.2, 0) is 16.6 Å². The summed E-state index contributed by atoms with van der Waals surface area (Å²) in [6, 6.07) is 11.3. The molecule has 9 heteroatoms. The van der Waals surface area contributed by atoms with E-state index in [0.29, 0.717) is 18.1 Å². The van der Waals surface area contributed by atoms with Gasteiger partial charge in [-0.15, -0.1) is 24.8 Å². The standard InChI is InChI=1S/C17H18N4O2S.2ClH/c1-13-19-10-16(11-20-13)24(22,23)21-12-14(9-18-2)8-17(21)15-6-4-3-5-7-15;;/h3-8,10-12,18H,9H2,1-2H3;2*1H. The largest absolute Gasteiger partial charge is 0.316 e. The van der Waals surface area contributed by atoms with Gasteiger partial charge in [-0.1, -0.05) is 30.3 Å². The van der Waals surface area contributed by atoms with Crippen molar-refractivity contribution in [2.75, 3.05) is 7.05 Å². The van der Waals surface area contributed by atoms with Gasteiger partial charge in [0.2, 0.25) is 0 Å². The van der Waals surface area contributed by atoms with Gasteiger partial charge in [0.05, 0.1) is 18.1 Å². The Hall–Kier alpha value is -1.93. The van der Waals surface area contributed by atoms with E-state index in [1.54, 1.807) is 13.1 Å². The Morgan fingerprint density at radius 2 is 1.69 bits per heavy atom. The Kier molecular flexibility index (Phi) is 7.77. The van der Waals surface area contributed by atoms with Crippen LogP contribution in [0.25, 0.3) is 11.3 Å². The lowest BCUT2D eigenvalue weighted by atomic mass is 10.1. The number of hydrogen-bond acceptors (Lipinski definition) is 5. The van der Waals surface area contributed by atoms with Gasteiger partial charge in [-0.2, -0.15) is 0 Å². The molecule has 2 heterocycles. The zero-order valence-electron chi connectivity index (χ0n) is 14.3. The molecule has 26 heavy (non-hydrogen) atoms. The lowest BCUT2D eigenvalue weighted by Crippen LogP contribution is -2.14. The quantitative estimate of drug-likeness (QED) is 0.693. The van der Waals surface area contributed by atoms with Crippen LogP contribution in [0.5, 0.6) is 0 Å². The Labute approximate surface area is 165 Å². The van der Waals surface area contributed by atoms with Crippen LogP contribution in [0.3, 0.4) is 0 Å². The molecular formula is C17H20Cl2N4O2S. The molecule has 0 aliphatic rings. The molecule has 3 aromatic rings. The van der Waals surface area contributed by atoms with Crippen molar-refractivity contribution in [1.82, 2.24) is 19.3 Å². The SMILES string of the molecule is CNCc1cc(-c2ccccc2)n(S(=O)(=O)c2cnc(C)nc2)c1.Cl.Cl. The van der Waals surface area contributed by atoms with Crippen molar-refractivity contribution in [2.24, 2.45) is 0 Å². The number of aromatic nitrogens is 3. The average Bonchev–Trinajstić information content (AvgIpc) is 3.01. The van der Waals surface area contributed by atoms with Gasteiger partial charge in [0.25, 0.3) is 10.0 Å². The number of aryl methyl sites for hydroxylation is 1. The molecule has 1 N–H and O–H groups in total. The molecule has 0 spiro atoms. The summed E-state index contributed by atoms with van der Waals surface area (Å²) in [7, 11) is -1.95. The number of hydrogen-bond donors (Lipinski definition) is 1. The van der Waals surface area contributed by atoms with E-state index in [1.807, 2.05) is 43.4 Å². The van der Waals surface area contributed by atoms with E-state index < -0.39 is 10.0 Å². The van der Waals surface area contributed by atoms with E-state index in [9.17, 15) is 8.42 Å². The summed E-state index contributed by atoms with van der Waals surface area (Å²) in [6.07, 6.45) is 4.31. The minimum absolute atomic E-state index is 0. The highest BCUT2D eigenvalue weighted by atomic mass is 35.5. The first-order chi connectivity index (χ1) is 11.5. The van der Waals surface area contributed by atoms with Gasteiger partial charge in [0, 0.05) is 12.7 Å². The maximum absolute atomic E-state index is 13.0. The van der Waals surface area contributed by atoms with Crippen molar-refractivity contribution >= 4 is 34.8 Å². The third-order valence-electron chi connectivity index (χ3n) is 3.61. The molecule has 0 unspecified atom stereocenters. The van der Waals surface area contributed by atoms with Crippen LogP contribution in [0.15, 0.2) is 59.9 Å². The minimum Gasteiger partial charge on any atom is -0.316 e. The fraction of sp³-hybridized carbons (Fsp3) is 0.176. The second kappa shape index (κ2) is 9.14. The van der Waals surface area contributed by atoms with Crippen LogP contribution in [-0.4, -0.2) is 29.4 Å². The predicted octanol–water partition coefficient (Wildman–Crippen LogP) is 3.05. The van der Waals surface area contributed by atoms with Gasteiger partial charge >= 0.3 is 0 Å². The third-order valence-corrected chi connectivity index (χ3v) is 5.23. The normalized spacial score (nSPS) is 10.7. The Morgan fingerprint density at radius 1 is 1.08 bits per heavy atom. The topological polar surface area (TPSA) is 76.9 Å².